The van der Waals surface area contributed by atoms with E-state index in [-0.39, 0.29) is 5.43 Å². The van der Waals surface area contributed by atoms with Crippen LogP contribution in [0.15, 0.2) is 34.1 Å². The summed E-state index contributed by atoms with van der Waals surface area (Å²) in [6.07, 6.45) is 2.36. The van der Waals surface area contributed by atoms with Crippen LogP contribution in [-0.2, 0) is 6.42 Å². The molecule has 18 heavy (non-hydrogen) atoms. The fourth-order valence-corrected chi connectivity index (χ4v) is 2.22. The Morgan fingerprint density at radius 1 is 1.44 bits per heavy atom. The Kier molecular flexibility index (Phi) is 3.79. The largest absolute Gasteiger partial charge is 0.357 e. The fraction of sp³-hybridized carbons (Fsp3) is 0.214. The number of hydrogen-bond donors (Lipinski definition) is 1. The molecule has 0 spiro atoms. The molecule has 2 nitrogen and oxygen atoms in total. The van der Waals surface area contributed by atoms with Crippen LogP contribution in [0.2, 0.25) is 5.02 Å². The van der Waals surface area contributed by atoms with Gasteiger partial charge in [0.2, 0.25) is 0 Å². The van der Waals surface area contributed by atoms with Gasteiger partial charge in [-0.15, -0.1) is 0 Å². The number of aryl methyl sites for hydroxylation is 1. The molecule has 0 radical (unpaired) electrons. The molecule has 0 aliphatic rings. The van der Waals surface area contributed by atoms with E-state index in [9.17, 15) is 4.79 Å². The Morgan fingerprint density at radius 3 is 2.83 bits per heavy atom. The number of H-pyrrole nitrogens is 1. The number of para-hydroxylation sites is 1. The topological polar surface area (TPSA) is 32.9 Å². The molecule has 0 atom stereocenters. The summed E-state index contributed by atoms with van der Waals surface area (Å²) >= 11 is 11.9. The first kappa shape index (κ1) is 13.2. The van der Waals surface area contributed by atoms with Crippen LogP contribution >= 0.6 is 23.2 Å². The van der Waals surface area contributed by atoms with Crippen LogP contribution < -0.4 is 5.43 Å². The molecule has 0 saturated heterocycles. The lowest BCUT2D eigenvalue weighted by atomic mass is 10.1. The minimum Gasteiger partial charge on any atom is -0.357 e. The third kappa shape index (κ3) is 2.45. The maximum Gasteiger partial charge on any atom is 0.193 e. The van der Waals surface area contributed by atoms with Crippen LogP contribution in [-0.4, -0.2) is 4.98 Å². The molecule has 1 aromatic heterocycles. The van der Waals surface area contributed by atoms with Crippen molar-refractivity contribution in [1.29, 1.82) is 0 Å². The molecule has 0 fully saturated rings. The smallest absolute Gasteiger partial charge is 0.193 e. The number of nitrogens with one attached hydrogen (secondary N) is 1. The van der Waals surface area contributed by atoms with Gasteiger partial charge >= 0.3 is 0 Å². The summed E-state index contributed by atoms with van der Waals surface area (Å²) < 4.78 is 0. The lowest BCUT2D eigenvalue weighted by molar-refractivity contribution is 1.11. The first-order valence-corrected chi connectivity index (χ1v) is 6.38. The molecule has 2 aromatic rings. The lowest BCUT2D eigenvalue weighted by Gasteiger charge is -2.07. The molecule has 0 aliphatic heterocycles. The van der Waals surface area contributed by atoms with Gasteiger partial charge < -0.3 is 4.98 Å². The normalized spacial score (nSPS) is 12.1. The molecule has 1 aromatic carbocycles. The van der Waals surface area contributed by atoms with E-state index in [0.717, 1.165) is 11.3 Å². The predicted octanol–water partition coefficient (Wildman–Crippen LogP) is 4.18. The zero-order valence-electron chi connectivity index (χ0n) is 10.2. The number of hydrogen-bond acceptors (Lipinski definition) is 1. The van der Waals surface area contributed by atoms with Gasteiger partial charge in [0.25, 0.3) is 0 Å². The number of fused-ring (bicyclic) bond motifs is 1. The highest BCUT2D eigenvalue weighted by Gasteiger charge is 2.09. The molecular weight excluding hydrogens is 269 g/mol. The molecule has 0 bridgehead atoms. The molecule has 94 valence electrons. The van der Waals surface area contributed by atoms with Crippen LogP contribution in [0.1, 0.15) is 18.2 Å². The Morgan fingerprint density at radius 2 is 2.17 bits per heavy atom. The fourth-order valence-electron chi connectivity index (χ4n) is 1.92. The van der Waals surface area contributed by atoms with Crippen molar-refractivity contribution in [3.63, 3.8) is 0 Å². The van der Waals surface area contributed by atoms with Gasteiger partial charge in [0.1, 0.15) is 0 Å². The molecule has 0 aliphatic carbocycles. The van der Waals surface area contributed by atoms with Gasteiger partial charge in [-0.3, -0.25) is 4.79 Å². The van der Waals surface area contributed by atoms with Crippen molar-refractivity contribution in [2.24, 2.45) is 0 Å². The third-order valence-electron chi connectivity index (χ3n) is 2.88. The summed E-state index contributed by atoms with van der Waals surface area (Å²) in [4.78, 5) is 15.5. The van der Waals surface area contributed by atoms with Crippen LogP contribution in [0.5, 0.6) is 0 Å². The monoisotopic (exact) mass is 281 g/mol. The second-order valence-electron chi connectivity index (χ2n) is 4.22. The van der Waals surface area contributed by atoms with Crippen molar-refractivity contribution in [2.75, 3.05) is 0 Å². The van der Waals surface area contributed by atoms with E-state index < -0.39 is 0 Å². The summed E-state index contributed by atoms with van der Waals surface area (Å²) in [5, 5.41) is 1.85. The van der Waals surface area contributed by atoms with Gasteiger partial charge in [-0.05, 0) is 32.4 Å². The summed E-state index contributed by atoms with van der Waals surface area (Å²) in [6.45, 7) is 3.67. The standard InChI is InChI=1S/C14H13Cl2NO/c1-8(15)6-7-10-9(2)17-13-11(14(10)18)4-3-5-12(13)16/h3-6H,7H2,1-2H3,(H,17,18). The Balaban J connectivity index is 2.70. The number of rotatable bonds is 2. The van der Waals surface area contributed by atoms with Crippen molar-refractivity contribution in [3.05, 3.63) is 55.8 Å². The summed E-state index contributed by atoms with van der Waals surface area (Å²) in [7, 11) is 0. The van der Waals surface area contributed by atoms with Gasteiger partial charge in [-0.25, -0.2) is 0 Å². The van der Waals surface area contributed by atoms with E-state index in [0.29, 0.717) is 27.4 Å². The van der Waals surface area contributed by atoms with Crippen LogP contribution in [0.25, 0.3) is 10.9 Å². The van der Waals surface area contributed by atoms with Crippen molar-refractivity contribution in [3.8, 4) is 0 Å². The van der Waals surface area contributed by atoms with E-state index in [1.807, 2.05) is 13.0 Å². The van der Waals surface area contributed by atoms with Crippen molar-refractivity contribution >= 4 is 34.1 Å². The first-order valence-electron chi connectivity index (χ1n) is 5.63. The van der Waals surface area contributed by atoms with Gasteiger partial charge in [-0.2, -0.15) is 0 Å². The first-order chi connectivity index (χ1) is 8.50. The number of benzene rings is 1. The van der Waals surface area contributed by atoms with E-state index in [1.54, 1.807) is 25.1 Å². The number of halogens is 2. The average molecular weight is 282 g/mol. The molecule has 1 N–H and O–H groups in total. The Hall–Kier alpha value is -1.25. The van der Waals surface area contributed by atoms with Crippen LogP contribution in [0.3, 0.4) is 0 Å². The van der Waals surface area contributed by atoms with Crippen molar-refractivity contribution in [2.45, 2.75) is 20.3 Å². The number of pyridine rings is 1. The average Bonchev–Trinajstić information content (AvgIpc) is 2.30. The Bertz CT molecular complexity index is 682. The minimum atomic E-state index is 0.0120. The second-order valence-corrected chi connectivity index (χ2v) is 5.22. The minimum absolute atomic E-state index is 0.0120. The van der Waals surface area contributed by atoms with E-state index in [1.165, 1.54) is 0 Å². The van der Waals surface area contributed by atoms with Crippen LogP contribution in [0.4, 0.5) is 0 Å². The maximum absolute atomic E-state index is 12.4. The zero-order chi connectivity index (χ0) is 13.3. The van der Waals surface area contributed by atoms with Crippen LogP contribution in [0, 0.1) is 6.92 Å². The number of aromatic nitrogens is 1. The highest BCUT2D eigenvalue weighted by Crippen LogP contribution is 2.20. The molecule has 0 saturated carbocycles. The maximum atomic E-state index is 12.4. The SMILES string of the molecule is CC(Cl)=CCc1c(C)[nH]c2c(Cl)cccc2c1=O. The van der Waals surface area contributed by atoms with Crippen molar-refractivity contribution < 1.29 is 0 Å². The summed E-state index contributed by atoms with van der Waals surface area (Å²) in [5.41, 5.74) is 2.26. The highest BCUT2D eigenvalue weighted by atomic mass is 35.5. The molecule has 2 rings (SSSR count). The Labute approximate surface area is 115 Å². The molecule has 4 heteroatoms. The highest BCUT2D eigenvalue weighted by molar-refractivity contribution is 6.35. The molecule has 1 heterocycles. The number of allylic oxidation sites excluding steroid dienone is 2. The van der Waals surface area contributed by atoms with E-state index >= 15 is 0 Å². The quantitative estimate of drug-likeness (QED) is 0.880. The summed E-state index contributed by atoms with van der Waals surface area (Å²) in [6, 6.07) is 5.32. The summed E-state index contributed by atoms with van der Waals surface area (Å²) in [5.74, 6) is 0. The van der Waals surface area contributed by atoms with Crippen molar-refractivity contribution in [1.82, 2.24) is 4.98 Å². The molecular formula is C14H13Cl2NO. The molecule has 0 amide bonds. The second kappa shape index (κ2) is 5.17. The third-order valence-corrected chi connectivity index (χ3v) is 3.35. The zero-order valence-corrected chi connectivity index (χ0v) is 11.7. The number of aromatic amines is 1. The lowest BCUT2D eigenvalue weighted by Crippen LogP contribution is -2.12. The predicted molar refractivity (Wildman–Crippen MR) is 77.6 cm³/mol. The van der Waals surface area contributed by atoms with E-state index in [4.69, 9.17) is 23.2 Å². The van der Waals surface area contributed by atoms with Gasteiger partial charge in [0.15, 0.2) is 5.43 Å². The van der Waals surface area contributed by atoms with Gasteiger partial charge in [-0.1, -0.05) is 35.3 Å². The molecule has 0 unspecified atom stereocenters. The van der Waals surface area contributed by atoms with Gasteiger partial charge in [0, 0.05) is 21.7 Å². The van der Waals surface area contributed by atoms with Gasteiger partial charge in [0.05, 0.1) is 10.5 Å². The van der Waals surface area contributed by atoms with E-state index in [2.05, 4.69) is 4.98 Å².